The topological polar surface area (TPSA) is 68.2 Å². The first-order valence-electron chi connectivity index (χ1n) is 13.2. The number of hydrazone groups is 1. The van der Waals surface area contributed by atoms with E-state index in [0.717, 1.165) is 38.7 Å². The Morgan fingerprint density at radius 1 is 0.707 bits per heavy atom. The van der Waals surface area contributed by atoms with Gasteiger partial charge in [-0.3, -0.25) is 5.43 Å². The van der Waals surface area contributed by atoms with Crippen molar-refractivity contribution < 1.29 is 0 Å². The minimum Gasteiger partial charge on any atom is -0.398 e. The van der Waals surface area contributed by atoms with Crippen molar-refractivity contribution in [3.63, 3.8) is 0 Å². The van der Waals surface area contributed by atoms with Crippen LogP contribution in [0.2, 0.25) is 5.02 Å². The second-order valence-electron chi connectivity index (χ2n) is 9.26. The van der Waals surface area contributed by atoms with Crippen LogP contribution in [0.3, 0.4) is 0 Å². The Morgan fingerprint density at radius 3 is 1.85 bits per heavy atom. The number of hydrogen-bond donors (Lipinski definition) is 2. The first-order valence-corrected chi connectivity index (χ1v) is 13.6. The summed E-state index contributed by atoms with van der Waals surface area (Å²) < 4.78 is 2.12. The van der Waals surface area contributed by atoms with Gasteiger partial charge < -0.3 is 10.3 Å². The summed E-state index contributed by atoms with van der Waals surface area (Å²) in [6, 6.07) is 46.2. The molecule has 0 bridgehead atoms. The number of imidazole rings is 1. The SMILES string of the molecule is Clc1ccccc1C(c1ccccc1)(c1ccccc1)n1ccnc1.Nc1ccccc1C=NNc1ccccc1. The number of nitrogens with two attached hydrogens (primary N) is 1. The van der Waals surface area contributed by atoms with Gasteiger partial charge in [0, 0.05) is 34.2 Å². The number of aromatic nitrogens is 2. The fraction of sp³-hybridized carbons (Fsp3) is 0.0286. The molecule has 0 spiro atoms. The van der Waals surface area contributed by atoms with E-state index >= 15 is 0 Å². The van der Waals surface area contributed by atoms with Gasteiger partial charge in [0.1, 0.15) is 5.54 Å². The van der Waals surface area contributed by atoms with E-state index in [2.05, 4.69) is 74.7 Å². The van der Waals surface area contributed by atoms with Crippen LogP contribution in [0.4, 0.5) is 11.4 Å². The highest BCUT2D eigenvalue weighted by molar-refractivity contribution is 6.31. The normalized spacial score (nSPS) is 11.0. The van der Waals surface area contributed by atoms with Crippen molar-refractivity contribution in [2.75, 3.05) is 11.2 Å². The van der Waals surface area contributed by atoms with E-state index in [0.29, 0.717) is 0 Å². The molecule has 0 aliphatic rings. The van der Waals surface area contributed by atoms with Crippen molar-refractivity contribution in [2.45, 2.75) is 5.54 Å². The van der Waals surface area contributed by atoms with Crippen LogP contribution >= 0.6 is 11.6 Å². The molecule has 1 aromatic heterocycles. The number of nitrogens with zero attached hydrogens (tertiary/aromatic N) is 3. The van der Waals surface area contributed by atoms with Gasteiger partial charge in [0.25, 0.3) is 0 Å². The van der Waals surface area contributed by atoms with E-state index in [1.54, 1.807) is 12.4 Å². The van der Waals surface area contributed by atoms with Gasteiger partial charge in [-0.25, -0.2) is 4.98 Å². The van der Waals surface area contributed by atoms with Gasteiger partial charge in [0.15, 0.2) is 0 Å². The molecule has 0 fully saturated rings. The van der Waals surface area contributed by atoms with Crippen LogP contribution in [-0.4, -0.2) is 15.8 Å². The van der Waals surface area contributed by atoms with E-state index < -0.39 is 5.54 Å². The third-order valence-electron chi connectivity index (χ3n) is 6.71. The Labute approximate surface area is 245 Å². The molecule has 202 valence electrons. The Bertz CT molecular complexity index is 1630. The smallest absolute Gasteiger partial charge is 0.123 e. The maximum absolute atomic E-state index is 6.69. The maximum Gasteiger partial charge on any atom is 0.123 e. The molecule has 0 aliphatic carbocycles. The predicted octanol–water partition coefficient (Wildman–Crippen LogP) is 8.09. The molecule has 6 heteroatoms. The summed E-state index contributed by atoms with van der Waals surface area (Å²) in [6.45, 7) is 0. The molecule has 0 aliphatic heterocycles. The average molecular weight is 556 g/mol. The van der Waals surface area contributed by atoms with Crippen molar-refractivity contribution in [3.8, 4) is 0 Å². The number of halogens is 1. The molecule has 6 aromatic rings. The number of anilines is 2. The molecule has 0 amide bonds. The molecular weight excluding hydrogens is 526 g/mol. The van der Waals surface area contributed by atoms with Gasteiger partial charge in [-0.2, -0.15) is 5.10 Å². The van der Waals surface area contributed by atoms with Crippen molar-refractivity contribution in [2.24, 2.45) is 5.10 Å². The monoisotopic (exact) mass is 555 g/mol. The van der Waals surface area contributed by atoms with Crippen molar-refractivity contribution in [3.05, 3.63) is 186 Å². The largest absolute Gasteiger partial charge is 0.398 e. The van der Waals surface area contributed by atoms with Crippen molar-refractivity contribution in [1.29, 1.82) is 0 Å². The molecule has 0 unspecified atom stereocenters. The Balaban J connectivity index is 0.000000182. The zero-order valence-electron chi connectivity index (χ0n) is 22.4. The second-order valence-corrected chi connectivity index (χ2v) is 9.66. The summed E-state index contributed by atoms with van der Waals surface area (Å²) >= 11 is 6.69. The van der Waals surface area contributed by atoms with Gasteiger partial charge in [-0.15, -0.1) is 0 Å². The van der Waals surface area contributed by atoms with Gasteiger partial charge in [-0.05, 0) is 35.4 Å². The van der Waals surface area contributed by atoms with Gasteiger partial charge in [0.2, 0.25) is 0 Å². The number of hydrogen-bond acceptors (Lipinski definition) is 4. The highest BCUT2D eigenvalue weighted by Crippen LogP contribution is 2.43. The van der Waals surface area contributed by atoms with Crippen LogP contribution in [-0.2, 0) is 5.54 Å². The quantitative estimate of drug-likeness (QED) is 0.0905. The molecule has 0 saturated carbocycles. The minimum atomic E-state index is -0.586. The molecule has 0 saturated heterocycles. The summed E-state index contributed by atoms with van der Waals surface area (Å²) in [7, 11) is 0. The van der Waals surface area contributed by atoms with Crippen LogP contribution in [0, 0.1) is 0 Å². The van der Waals surface area contributed by atoms with E-state index in [1.807, 2.05) is 97.5 Å². The molecule has 5 aromatic carbocycles. The summed E-state index contributed by atoms with van der Waals surface area (Å²) in [6.07, 6.45) is 7.35. The maximum atomic E-state index is 6.69. The zero-order valence-corrected chi connectivity index (χ0v) is 23.1. The fourth-order valence-electron chi connectivity index (χ4n) is 4.80. The number of para-hydroxylation sites is 2. The highest BCUT2D eigenvalue weighted by Gasteiger charge is 2.39. The van der Waals surface area contributed by atoms with E-state index in [4.69, 9.17) is 17.3 Å². The fourth-order valence-corrected chi connectivity index (χ4v) is 5.08. The molecule has 3 N–H and O–H groups in total. The molecule has 1 heterocycles. The zero-order chi connectivity index (χ0) is 28.3. The van der Waals surface area contributed by atoms with Crippen LogP contribution < -0.4 is 11.2 Å². The van der Waals surface area contributed by atoms with Gasteiger partial charge in [0.05, 0.1) is 18.2 Å². The summed E-state index contributed by atoms with van der Waals surface area (Å²) in [5.74, 6) is 0. The van der Waals surface area contributed by atoms with Crippen LogP contribution in [0.15, 0.2) is 163 Å². The Hall–Kier alpha value is -5.13. The van der Waals surface area contributed by atoms with Crippen molar-refractivity contribution >= 4 is 29.2 Å². The van der Waals surface area contributed by atoms with Crippen LogP contribution in [0.25, 0.3) is 0 Å². The van der Waals surface area contributed by atoms with Gasteiger partial charge >= 0.3 is 0 Å². The molecule has 0 atom stereocenters. The summed E-state index contributed by atoms with van der Waals surface area (Å²) in [5, 5.41) is 4.84. The lowest BCUT2D eigenvalue weighted by atomic mass is 9.76. The second kappa shape index (κ2) is 13.3. The molecule has 41 heavy (non-hydrogen) atoms. The molecule has 5 nitrogen and oxygen atoms in total. The molecule has 0 radical (unpaired) electrons. The first-order chi connectivity index (χ1) is 20.2. The van der Waals surface area contributed by atoms with E-state index in [-0.39, 0.29) is 0 Å². The third kappa shape index (κ3) is 6.21. The van der Waals surface area contributed by atoms with E-state index in [1.165, 1.54) is 0 Å². The van der Waals surface area contributed by atoms with Gasteiger partial charge in [-0.1, -0.05) is 127 Å². The first kappa shape index (κ1) is 27.4. The lowest BCUT2D eigenvalue weighted by Gasteiger charge is -2.37. The highest BCUT2D eigenvalue weighted by atomic mass is 35.5. The minimum absolute atomic E-state index is 0.586. The number of nitrogens with one attached hydrogen (secondary N) is 1. The number of benzene rings is 5. The lowest BCUT2D eigenvalue weighted by molar-refractivity contribution is 0.515. The lowest BCUT2D eigenvalue weighted by Crippen LogP contribution is -2.37. The molecular formula is C35H30ClN5. The van der Waals surface area contributed by atoms with E-state index in [9.17, 15) is 0 Å². The average Bonchev–Trinajstić information content (AvgIpc) is 3.57. The number of rotatable bonds is 7. The van der Waals surface area contributed by atoms with Crippen LogP contribution in [0.1, 0.15) is 22.3 Å². The molecule has 6 rings (SSSR count). The van der Waals surface area contributed by atoms with Crippen molar-refractivity contribution in [1.82, 2.24) is 9.55 Å². The van der Waals surface area contributed by atoms with Crippen LogP contribution in [0.5, 0.6) is 0 Å². The standard InChI is InChI=1S/C22H17ClN2.C13H13N3/c23-21-14-8-7-13-20(21)22(25-16-15-24-17-25,18-9-3-1-4-10-18)19-11-5-2-6-12-19;14-13-9-5-4-6-11(13)10-15-16-12-7-2-1-3-8-12/h1-17H;1-10,16H,14H2. The Kier molecular flexibility index (Phi) is 8.89. The Morgan fingerprint density at radius 2 is 1.27 bits per heavy atom. The predicted molar refractivity (Wildman–Crippen MR) is 170 cm³/mol. The summed E-state index contributed by atoms with van der Waals surface area (Å²) in [5.41, 5.74) is 14.0. The summed E-state index contributed by atoms with van der Waals surface area (Å²) in [4.78, 5) is 4.31. The number of nitrogen functional groups attached to an aromatic ring is 1. The third-order valence-corrected chi connectivity index (χ3v) is 7.04.